The van der Waals surface area contributed by atoms with Crippen LogP contribution in [0.3, 0.4) is 0 Å². The lowest BCUT2D eigenvalue weighted by atomic mass is 10.1. The highest BCUT2D eigenvalue weighted by atomic mass is 35.5. The Morgan fingerprint density at radius 2 is 2.20 bits per heavy atom. The van der Waals surface area contributed by atoms with Crippen molar-refractivity contribution in [2.75, 3.05) is 6.54 Å². The first-order chi connectivity index (χ1) is 7.06. The average molecular weight is 230 g/mol. The van der Waals surface area contributed by atoms with E-state index in [0.717, 1.165) is 30.2 Å². The summed E-state index contributed by atoms with van der Waals surface area (Å²) in [7, 11) is 1.88. The molecule has 0 fully saturated rings. The Kier molecular flexibility index (Phi) is 4.61. The van der Waals surface area contributed by atoms with E-state index in [-0.39, 0.29) is 0 Å². The van der Waals surface area contributed by atoms with Crippen molar-refractivity contribution in [1.29, 1.82) is 0 Å². The lowest BCUT2D eigenvalue weighted by molar-refractivity contribution is 0.530. The van der Waals surface area contributed by atoms with E-state index < -0.39 is 0 Å². The van der Waals surface area contributed by atoms with Gasteiger partial charge in [0.15, 0.2) is 0 Å². The summed E-state index contributed by atoms with van der Waals surface area (Å²) in [4.78, 5) is 0. The molecule has 4 heteroatoms. The molecule has 0 bridgehead atoms. The number of hydrogen-bond donors (Lipinski definition) is 1. The van der Waals surface area contributed by atoms with Crippen LogP contribution < -0.4 is 5.32 Å². The SMILES string of the molecule is CCNC(C)CCc1c(C)nn(C)c1Cl. The summed E-state index contributed by atoms with van der Waals surface area (Å²) in [6.45, 7) is 7.35. The van der Waals surface area contributed by atoms with Crippen LogP contribution in [0.2, 0.25) is 5.15 Å². The Morgan fingerprint density at radius 1 is 1.53 bits per heavy atom. The second-order valence-corrected chi connectivity index (χ2v) is 4.33. The van der Waals surface area contributed by atoms with Gasteiger partial charge in [-0.25, -0.2) is 0 Å². The van der Waals surface area contributed by atoms with Crippen LogP contribution in [0.15, 0.2) is 0 Å². The lowest BCUT2D eigenvalue weighted by Crippen LogP contribution is -2.25. The van der Waals surface area contributed by atoms with Crippen molar-refractivity contribution in [1.82, 2.24) is 15.1 Å². The smallest absolute Gasteiger partial charge is 0.130 e. The highest BCUT2D eigenvalue weighted by Crippen LogP contribution is 2.20. The number of hydrogen-bond acceptors (Lipinski definition) is 2. The molecule has 0 saturated heterocycles. The first kappa shape index (κ1) is 12.5. The summed E-state index contributed by atoms with van der Waals surface area (Å²) in [5, 5.41) is 8.46. The van der Waals surface area contributed by atoms with E-state index >= 15 is 0 Å². The maximum absolute atomic E-state index is 6.15. The third-order valence-electron chi connectivity index (χ3n) is 2.65. The maximum Gasteiger partial charge on any atom is 0.130 e. The van der Waals surface area contributed by atoms with E-state index in [2.05, 4.69) is 24.3 Å². The molecule has 1 atom stereocenters. The second kappa shape index (κ2) is 5.52. The number of aryl methyl sites for hydroxylation is 2. The molecule has 0 aromatic carbocycles. The molecular formula is C11H20ClN3. The summed E-state index contributed by atoms with van der Waals surface area (Å²) >= 11 is 6.15. The van der Waals surface area contributed by atoms with Gasteiger partial charge in [0, 0.05) is 18.7 Å². The molecule has 1 unspecified atom stereocenters. The summed E-state index contributed by atoms with van der Waals surface area (Å²) in [5.41, 5.74) is 2.23. The molecule has 86 valence electrons. The van der Waals surface area contributed by atoms with E-state index in [1.165, 1.54) is 5.56 Å². The van der Waals surface area contributed by atoms with E-state index in [1.54, 1.807) is 4.68 Å². The topological polar surface area (TPSA) is 29.9 Å². The molecule has 1 rings (SSSR count). The molecular weight excluding hydrogens is 210 g/mol. The second-order valence-electron chi connectivity index (χ2n) is 3.98. The highest BCUT2D eigenvalue weighted by molar-refractivity contribution is 6.30. The third-order valence-corrected chi connectivity index (χ3v) is 3.12. The Morgan fingerprint density at radius 3 is 2.67 bits per heavy atom. The van der Waals surface area contributed by atoms with Gasteiger partial charge < -0.3 is 5.32 Å². The zero-order valence-electron chi connectivity index (χ0n) is 9.97. The van der Waals surface area contributed by atoms with Crippen molar-refractivity contribution in [2.45, 2.75) is 39.7 Å². The van der Waals surface area contributed by atoms with Gasteiger partial charge in [-0.05, 0) is 33.2 Å². The van der Waals surface area contributed by atoms with Crippen LogP contribution in [0.5, 0.6) is 0 Å². The molecule has 0 amide bonds. The summed E-state index contributed by atoms with van der Waals surface area (Å²) in [5.74, 6) is 0. The minimum Gasteiger partial charge on any atom is -0.315 e. The van der Waals surface area contributed by atoms with Crippen LogP contribution in [-0.2, 0) is 13.5 Å². The van der Waals surface area contributed by atoms with Gasteiger partial charge in [-0.15, -0.1) is 0 Å². The predicted octanol–water partition coefficient (Wildman–Crippen LogP) is 2.31. The van der Waals surface area contributed by atoms with Gasteiger partial charge in [-0.2, -0.15) is 5.10 Å². The fourth-order valence-electron chi connectivity index (χ4n) is 1.77. The summed E-state index contributed by atoms with van der Waals surface area (Å²) in [6, 6.07) is 0.533. The van der Waals surface area contributed by atoms with Gasteiger partial charge in [-0.1, -0.05) is 18.5 Å². The fraction of sp³-hybridized carbons (Fsp3) is 0.727. The molecule has 0 aliphatic rings. The molecule has 0 spiro atoms. The van der Waals surface area contributed by atoms with E-state index in [9.17, 15) is 0 Å². The van der Waals surface area contributed by atoms with Gasteiger partial charge in [-0.3, -0.25) is 4.68 Å². The molecule has 0 aliphatic heterocycles. The number of aromatic nitrogens is 2. The van der Waals surface area contributed by atoms with Crippen molar-refractivity contribution < 1.29 is 0 Å². The first-order valence-corrected chi connectivity index (χ1v) is 5.85. The lowest BCUT2D eigenvalue weighted by Gasteiger charge is -2.11. The van der Waals surface area contributed by atoms with Crippen LogP contribution in [-0.4, -0.2) is 22.4 Å². The third kappa shape index (κ3) is 3.21. The zero-order chi connectivity index (χ0) is 11.4. The van der Waals surface area contributed by atoms with Crippen LogP contribution >= 0.6 is 11.6 Å². The normalized spacial score (nSPS) is 13.1. The molecule has 1 N–H and O–H groups in total. The van der Waals surface area contributed by atoms with Gasteiger partial charge in [0.2, 0.25) is 0 Å². The molecule has 0 aliphatic carbocycles. The number of rotatable bonds is 5. The minimum absolute atomic E-state index is 0.533. The standard InChI is InChI=1S/C11H20ClN3/c1-5-13-8(2)6-7-10-9(3)14-15(4)11(10)12/h8,13H,5-7H2,1-4H3. The number of nitrogens with zero attached hydrogens (tertiary/aromatic N) is 2. The van der Waals surface area contributed by atoms with Gasteiger partial charge in [0.1, 0.15) is 5.15 Å². The van der Waals surface area contributed by atoms with Gasteiger partial charge in [0.25, 0.3) is 0 Å². The monoisotopic (exact) mass is 229 g/mol. The molecule has 1 aromatic heterocycles. The Bertz CT molecular complexity index is 320. The van der Waals surface area contributed by atoms with E-state index in [1.807, 2.05) is 14.0 Å². The summed E-state index contributed by atoms with van der Waals surface area (Å²) < 4.78 is 1.74. The van der Waals surface area contributed by atoms with Crippen LogP contribution in [0.25, 0.3) is 0 Å². The molecule has 1 heterocycles. The van der Waals surface area contributed by atoms with Crippen molar-refractivity contribution in [3.8, 4) is 0 Å². The Balaban J connectivity index is 2.57. The van der Waals surface area contributed by atoms with E-state index in [0.29, 0.717) is 6.04 Å². The van der Waals surface area contributed by atoms with Crippen molar-refractivity contribution >= 4 is 11.6 Å². The largest absolute Gasteiger partial charge is 0.315 e. The Hall–Kier alpha value is -0.540. The van der Waals surface area contributed by atoms with Crippen molar-refractivity contribution in [3.63, 3.8) is 0 Å². The molecule has 15 heavy (non-hydrogen) atoms. The Labute approximate surface area is 96.8 Å². The van der Waals surface area contributed by atoms with Crippen molar-refractivity contribution in [3.05, 3.63) is 16.4 Å². The summed E-state index contributed by atoms with van der Waals surface area (Å²) in [6.07, 6.45) is 2.09. The zero-order valence-corrected chi connectivity index (χ0v) is 10.7. The first-order valence-electron chi connectivity index (χ1n) is 5.47. The molecule has 1 aromatic rings. The van der Waals surface area contributed by atoms with Crippen molar-refractivity contribution in [2.24, 2.45) is 7.05 Å². The minimum atomic E-state index is 0.533. The van der Waals surface area contributed by atoms with Crippen LogP contribution in [0.4, 0.5) is 0 Å². The molecule has 0 radical (unpaired) electrons. The maximum atomic E-state index is 6.15. The predicted molar refractivity (Wildman–Crippen MR) is 64.4 cm³/mol. The van der Waals surface area contributed by atoms with E-state index in [4.69, 9.17) is 11.6 Å². The fourth-order valence-corrected chi connectivity index (χ4v) is 2.04. The van der Waals surface area contributed by atoms with Gasteiger partial charge >= 0.3 is 0 Å². The number of nitrogens with one attached hydrogen (secondary N) is 1. The number of halogens is 1. The molecule has 0 saturated carbocycles. The van der Waals surface area contributed by atoms with Gasteiger partial charge in [0.05, 0.1) is 5.69 Å². The molecule has 3 nitrogen and oxygen atoms in total. The quantitative estimate of drug-likeness (QED) is 0.840. The van der Waals surface area contributed by atoms with Crippen LogP contribution in [0.1, 0.15) is 31.5 Å². The van der Waals surface area contributed by atoms with Crippen LogP contribution in [0, 0.1) is 6.92 Å². The average Bonchev–Trinajstić information content (AvgIpc) is 2.40. The highest BCUT2D eigenvalue weighted by Gasteiger charge is 2.11.